The molecule has 0 fully saturated rings. The van der Waals surface area contributed by atoms with Gasteiger partial charge in [-0.25, -0.2) is 4.79 Å². The number of methoxy groups -OCH3 is 1. The van der Waals surface area contributed by atoms with E-state index in [1.54, 1.807) is 12.1 Å². The number of carbonyl (C=O) groups is 1. The number of nitrogen functional groups attached to an aromatic ring is 1. The van der Waals surface area contributed by atoms with Gasteiger partial charge < -0.3 is 15.4 Å². The molecule has 4 heteroatoms. The third-order valence-electron chi connectivity index (χ3n) is 3.39. The van der Waals surface area contributed by atoms with Crippen LogP contribution in [-0.4, -0.2) is 19.6 Å². The van der Waals surface area contributed by atoms with Gasteiger partial charge in [0.1, 0.15) is 0 Å². The van der Waals surface area contributed by atoms with Crippen molar-refractivity contribution in [3.05, 3.63) is 59.7 Å². The smallest absolute Gasteiger partial charge is 0.337 e. The predicted molar refractivity (Wildman–Crippen MR) is 85.4 cm³/mol. The molecule has 0 saturated heterocycles. The van der Waals surface area contributed by atoms with Crippen LogP contribution in [0.2, 0.25) is 0 Å². The lowest BCUT2D eigenvalue weighted by Crippen LogP contribution is -2.21. The Labute approximate surface area is 125 Å². The Morgan fingerprint density at radius 2 is 1.71 bits per heavy atom. The molecule has 0 bridgehead atoms. The maximum atomic E-state index is 11.4. The van der Waals surface area contributed by atoms with Crippen LogP contribution in [0.5, 0.6) is 0 Å². The van der Waals surface area contributed by atoms with Crippen LogP contribution in [-0.2, 0) is 11.3 Å². The maximum Gasteiger partial charge on any atom is 0.337 e. The number of hydrogen-bond donors (Lipinski definition) is 1. The molecular formula is C17H20N2O2. The minimum Gasteiger partial charge on any atom is -0.465 e. The zero-order chi connectivity index (χ0) is 15.2. The fourth-order valence-corrected chi connectivity index (χ4v) is 2.16. The van der Waals surface area contributed by atoms with Crippen molar-refractivity contribution in [2.45, 2.75) is 13.5 Å². The number of esters is 1. The Morgan fingerprint density at radius 1 is 1.10 bits per heavy atom. The molecule has 2 aromatic carbocycles. The molecule has 0 aromatic heterocycles. The van der Waals surface area contributed by atoms with Crippen molar-refractivity contribution in [2.75, 3.05) is 24.3 Å². The third-order valence-corrected chi connectivity index (χ3v) is 3.39. The summed E-state index contributed by atoms with van der Waals surface area (Å²) in [6.07, 6.45) is 0. The number of benzene rings is 2. The van der Waals surface area contributed by atoms with Crippen LogP contribution in [0.15, 0.2) is 48.5 Å². The first-order valence-corrected chi connectivity index (χ1v) is 6.91. The standard InChI is InChI=1S/C17H20N2O2/c1-3-19(16-10-8-15(18)9-11-16)12-13-4-6-14(7-5-13)17(20)21-2/h4-11H,3,12,18H2,1-2H3. The van der Waals surface area contributed by atoms with Gasteiger partial charge in [-0.3, -0.25) is 0 Å². The van der Waals surface area contributed by atoms with E-state index >= 15 is 0 Å². The fourth-order valence-electron chi connectivity index (χ4n) is 2.16. The average molecular weight is 284 g/mol. The van der Waals surface area contributed by atoms with Gasteiger partial charge in [-0.05, 0) is 48.9 Å². The van der Waals surface area contributed by atoms with E-state index in [0.29, 0.717) is 5.56 Å². The highest BCUT2D eigenvalue weighted by Crippen LogP contribution is 2.19. The summed E-state index contributed by atoms with van der Waals surface area (Å²) in [5, 5.41) is 0. The van der Waals surface area contributed by atoms with E-state index in [-0.39, 0.29) is 5.97 Å². The highest BCUT2D eigenvalue weighted by atomic mass is 16.5. The monoisotopic (exact) mass is 284 g/mol. The largest absolute Gasteiger partial charge is 0.465 e. The molecule has 4 nitrogen and oxygen atoms in total. The number of ether oxygens (including phenoxy) is 1. The Morgan fingerprint density at radius 3 is 2.24 bits per heavy atom. The number of nitrogens with zero attached hydrogens (tertiary/aromatic N) is 1. The van der Waals surface area contributed by atoms with E-state index < -0.39 is 0 Å². The van der Waals surface area contributed by atoms with E-state index in [4.69, 9.17) is 10.5 Å². The third kappa shape index (κ3) is 3.75. The summed E-state index contributed by atoms with van der Waals surface area (Å²) >= 11 is 0. The lowest BCUT2D eigenvalue weighted by atomic mass is 10.1. The van der Waals surface area contributed by atoms with Gasteiger partial charge in [0.15, 0.2) is 0 Å². The van der Waals surface area contributed by atoms with Crippen LogP contribution in [0.1, 0.15) is 22.8 Å². The fraction of sp³-hybridized carbons (Fsp3) is 0.235. The van der Waals surface area contributed by atoms with E-state index in [0.717, 1.165) is 30.0 Å². The number of nitrogens with two attached hydrogens (primary N) is 1. The van der Waals surface area contributed by atoms with Crippen LogP contribution in [0.4, 0.5) is 11.4 Å². The van der Waals surface area contributed by atoms with Crippen LogP contribution < -0.4 is 10.6 Å². The first-order chi connectivity index (χ1) is 10.1. The van der Waals surface area contributed by atoms with E-state index in [9.17, 15) is 4.79 Å². The lowest BCUT2D eigenvalue weighted by molar-refractivity contribution is 0.0600. The van der Waals surface area contributed by atoms with Crippen molar-refractivity contribution in [2.24, 2.45) is 0 Å². The van der Waals surface area contributed by atoms with E-state index in [2.05, 4.69) is 11.8 Å². The van der Waals surface area contributed by atoms with Gasteiger partial charge in [-0.2, -0.15) is 0 Å². The van der Waals surface area contributed by atoms with Crippen molar-refractivity contribution in [1.29, 1.82) is 0 Å². The second kappa shape index (κ2) is 6.79. The molecule has 0 spiro atoms. The Hall–Kier alpha value is -2.49. The highest BCUT2D eigenvalue weighted by molar-refractivity contribution is 5.89. The molecule has 21 heavy (non-hydrogen) atoms. The molecular weight excluding hydrogens is 264 g/mol. The lowest BCUT2D eigenvalue weighted by Gasteiger charge is -2.23. The number of carbonyl (C=O) groups excluding carboxylic acids is 1. The summed E-state index contributed by atoms with van der Waals surface area (Å²) in [4.78, 5) is 13.7. The van der Waals surface area contributed by atoms with Gasteiger partial charge in [0, 0.05) is 24.5 Å². The molecule has 0 heterocycles. The van der Waals surface area contributed by atoms with E-state index in [1.807, 2.05) is 36.4 Å². The maximum absolute atomic E-state index is 11.4. The van der Waals surface area contributed by atoms with Crippen molar-refractivity contribution < 1.29 is 9.53 Å². The van der Waals surface area contributed by atoms with Gasteiger partial charge in [0.05, 0.1) is 12.7 Å². The van der Waals surface area contributed by atoms with Gasteiger partial charge in [0.2, 0.25) is 0 Å². The molecule has 0 amide bonds. The zero-order valence-corrected chi connectivity index (χ0v) is 12.4. The van der Waals surface area contributed by atoms with Gasteiger partial charge in [0.25, 0.3) is 0 Å². The summed E-state index contributed by atoms with van der Waals surface area (Å²) in [6.45, 7) is 3.78. The molecule has 0 unspecified atom stereocenters. The molecule has 2 rings (SSSR count). The number of anilines is 2. The SMILES string of the molecule is CCN(Cc1ccc(C(=O)OC)cc1)c1ccc(N)cc1. The molecule has 110 valence electrons. The Balaban J connectivity index is 2.11. The van der Waals surface area contributed by atoms with Gasteiger partial charge in [-0.15, -0.1) is 0 Å². The summed E-state index contributed by atoms with van der Waals surface area (Å²) in [7, 11) is 1.39. The molecule has 0 radical (unpaired) electrons. The second-order valence-corrected chi connectivity index (χ2v) is 4.79. The van der Waals surface area contributed by atoms with Crippen LogP contribution in [0, 0.1) is 0 Å². The van der Waals surface area contributed by atoms with Crippen LogP contribution in [0.25, 0.3) is 0 Å². The van der Waals surface area contributed by atoms with Crippen molar-refractivity contribution in [1.82, 2.24) is 0 Å². The number of hydrogen-bond acceptors (Lipinski definition) is 4. The summed E-state index contributed by atoms with van der Waals surface area (Å²) in [5.41, 5.74) is 9.31. The van der Waals surface area contributed by atoms with Crippen molar-refractivity contribution in [3.63, 3.8) is 0 Å². The molecule has 2 N–H and O–H groups in total. The summed E-state index contributed by atoms with van der Waals surface area (Å²) < 4.78 is 4.70. The zero-order valence-electron chi connectivity index (χ0n) is 12.4. The first kappa shape index (κ1) is 14.9. The van der Waals surface area contributed by atoms with Crippen LogP contribution >= 0.6 is 0 Å². The average Bonchev–Trinajstić information content (AvgIpc) is 2.53. The first-order valence-electron chi connectivity index (χ1n) is 6.91. The van der Waals surface area contributed by atoms with Crippen molar-refractivity contribution >= 4 is 17.3 Å². The molecule has 0 atom stereocenters. The minimum absolute atomic E-state index is 0.313. The normalized spacial score (nSPS) is 10.2. The quantitative estimate of drug-likeness (QED) is 0.677. The number of rotatable bonds is 5. The molecule has 0 aliphatic carbocycles. The predicted octanol–water partition coefficient (Wildman–Crippen LogP) is 3.08. The Bertz CT molecular complexity index is 591. The highest BCUT2D eigenvalue weighted by Gasteiger charge is 2.07. The molecule has 2 aromatic rings. The van der Waals surface area contributed by atoms with Gasteiger partial charge in [-0.1, -0.05) is 12.1 Å². The summed E-state index contributed by atoms with van der Waals surface area (Å²) in [6, 6.07) is 15.3. The molecule has 0 aliphatic rings. The second-order valence-electron chi connectivity index (χ2n) is 4.79. The van der Waals surface area contributed by atoms with E-state index in [1.165, 1.54) is 7.11 Å². The molecule has 0 aliphatic heterocycles. The van der Waals surface area contributed by atoms with Crippen LogP contribution in [0.3, 0.4) is 0 Å². The Kier molecular flexibility index (Phi) is 4.82. The minimum atomic E-state index is -0.313. The summed E-state index contributed by atoms with van der Waals surface area (Å²) in [5.74, 6) is -0.313. The molecule has 0 saturated carbocycles. The van der Waals surface area contributed by atoms with Gasteiger partial charge >= 0.3 is 5.97 Å². The topological polar surface area (TPSA) is 55.6 Å². The van der Waals surface area contributed by atoms with Crippen molar-refractivity contribution in [3.8, 4) is 0 Å².